The average molecular weight is 492 g/mol. The molecule has 6 rings (SSSR count). The number of H-pyrrole nitrogens is 1. The lowest BCUT2D eigenvalue weighted by molar-refractivity contribution is 0.0939. The number of hydrogen-bond acceptors (Lipinski definition) is 6. The maximum atomic E-state index is 14.5. The summed E-state index contributed by atoms with van der Waals surface area (Å²) >= 11 is 0. The first-order chi connectivity index (χ1) is 17.6. The van der Waals surface area contributed by atoms with E-state index in [9.17, 15) is 9.18 Å². The van der Waals surface area contributed by atoms with Crippen molar-refractivity contribution in [1.82, 2.24) is 20.2 Å². The highest BCUT2D eigenvalue weighted by Crippen LogP contribution is 2.44. The summed E-state index contributed by atoms with van der Waals surface area (Å²) in [6.45, 7) is 4.36. The molecular formula is C27H30FN5O3. The molecule has 3 N–H and O–H groups in total. The number of amides is 1. The molecule has 1 amide bonds. The Bertz CT molecular complexity index is 1290. The van der Waals surface area contributed by atoms with Crippen LogP contribution in [0, 0.1) is 11.7 Å². The van der Waals surface area contributed by atoms with Gasteiger partial charge in [-0.05, 0) is 50.6 Å². The molecule has 0 radical (unpaired) electrons. The highest BCUT2D eigenvalue weighted by molar-refractivity contribution is 6.07. The van der Waals surface area contributed by atoms with Crippen molar-refractivity contribution in [3.63, 3.8) is 0 Å². The first-order valence-corrected chi connectivity index (χ1v) is 12.6. The number of methoxy groups -OCH3 is 1. The predicted molar refractivity (Wildman–Crippen MR) is 135 cm³/mol. The van der Waals surface area contributed by atoms with E-state index in [0.29, 0.717) is 41.8 Å². The molecule has 3 atom stereocenters. The van der Waals surface area contributed by atoms with Crippen LogP contribution in [0.15, 0.2) is 36.7 Å². The number of ether oxygens (including phenoxy) is 2. The van der Waals surface area contributed by atoms with Gasteiger partial charge in [0, 0.05) is 42.4 Å². The summed E-state index contributed by atoms with van der Waals surface area (Å²) in [5, 5.41) is 6.40. The van der Waals surface area contributed by atoms with Gasteiger partial charge in [0.2, 0.25) is 0 Å². The number of aromatic amines is 1. The van der Waals surface area contributed by atoms with Crippen molar-refractivity contribution in [3.05, 3.63) is 53.7 Å². The number of anilines is 2. The minimum absolute atomic E-state index is 0.0911. The minimum atomic E-state index is -0.479. The lowest BCUT2D eigenvalue weighted by Crippen LogP contribution is -2.35. The Morgan fingerprint density at radius 1 is 1.25 bits per heavy atom. The molecule has 3 aromatic rings. The van der Waals surface area contributed by atoms with Crippen molar-refractivity contribution >= 4 is 17.3 Å². The molecule has 9 heteroatoms. The van der Waals surface area contributed by atoms with Crippen molar-refractivity contribution in [1.29, 1.82) is 0 Å². The monoisotopic (exact) mass is 491 g/mol. The van der Waals surface area contributed by atoms with Gasteiger partial charge in [-0.15, -0.1) is 0 Å². The van der Waals surface area contributed by atoms with E-state index >= 15 is 0 Å². The number of fused-ring (bicyclic) bond motifs is 5. The van der Waals surface area contributed by atoms with Crippen LogP contribution in [-0.2, 0) is 0 Å². The highest BCUT2D eigenvalue weighted by Gasteiger charge is 2.34. The highest BCUT2D eigenvalue weighted by atomic mass is 19.1. The lowest BCUT2D eigenvalue weighted by Gasteiger charge is -2.25. The number of benzene rings is 1. The third-order valence-corrected chi connectivity index (χ3v) is 7.53. The number of hydrogen-bond donors (Lipinski definition) is 3. The Balaban J connectivity index is 1.51. The fourth-order valence-corrected chi connectivity index (χ4v) is 5.71. The van der Waals surface area contributed by atoms with E-state index in [1.54, 1.807) is 24.5 Å². The molecule has 3 aliphatic heterocycles. The second kappa shape index (κ2) is 9.46. The van der Waals surface area contributed by atoms with Gasteiger partial charge in [-0.1, -0.05) is 6.07 Å². The zero-order valence-electron chi connectivity index (χ0n) is 20.3. The predicted octanol–water partition coefficient (Wildman–Crippen LogP) is 4.29. The van der Waals surface area contributed by atoms with Crippen LogP contribution in [0.4, 0.5) is 15.8 Å². The standard InChI is InChI=1S/C27H30FN5O3/c1-35-26-19(28)5-2-6-20(26)31-25-22-23-17(12-30-27(22)34)4-3-10-33-11-8-16(14-33)15-36-21-13-29-9-7-18(21)24(25)32-23/h2,5-7,9,13,16-17,31-32H,3-4,8,10-12,14-15H2,1H3,(H,30,34)/t16-,17-/m0/s1. The number of halogens is 1. The third-order valence-electron chi connectivity index (χ3n) is 7.53. The maximum Gasteiger partial charge on any atom is 0.255 e. The molecule has 1 fully saturated rings. The van der Waals surface area contributed by atoms with Gasteiger partial charge in [0.1, 0.15) is 5.75 Å². The number of carbonyl (C=O) groups excluding carboxylic acids is 1. The number of aromatic nitrogens is 2. The molecule has 188 valence electrons. The van der Waals surface area contributed by atoms with Crippen molar-refractivity contribution in [2.24, 2.45) is 5.92 Å². The normalized spacial score (nSPS) is 23.2. The zero-order valence-corrected chi connectivity index (χ0v) is 20.3. The number of carbonyl (C=O) groups is 1. The first kappa shape index (κ1) is 22.8. The fourth-order valence-electron chi connectivity index (χ4n) is 5.71. The number of para-hydroxylation sites is 1. The second-order valence-corrected chi connectivity index (χ2v) is 9.80. The van der Waals surface area contributed by atoms with Crippen LogP contribution < -0.4 is 20.1 Å². The van der Waals surface area contributed by atoms with Crippen LogP contribution in [0.1, 0.15) is 41.2 Å². The molecule has 1 saturated heterocycles. The fraction of sp³-hybridized carbons (Fsp3) is 0.407. The molecule has 0 saturated carbocycles. The van der Waals surface area contributed by atoms with Gasteiger partial charge < -0.3 is 30.0 Å². The quantitative estimate of drug-likeness (QED) is 0.506. The molecule has 36 heavy (non-hydrogen) atoms. The molecule has 0 aliphatic carbocycles. The van der Waals surface area contributed by atoms with E-state index in [2.05, 4.69) is 25.5 Å². The third kappa shape index (κ3) is 4.07. The summed E-state index contributed by atoms with van der Waals surface area (Å²) < 4.78 is 26.2. The van der Waals surface area contributed by atoms with Gasteiger partial charge in [0.25, 0.3) is 5.91 Å². The molecule has 0 spiro atoms. The van der Waals surface area contributed by atoms with Crippen LogP contribution in [0.25, 0.3) is 11.3 Å². The van der Waals surface area contributed by atoms with Crippen molar-refractivity contribution in [2.45, 2.75) is 25.2 Å². The van der Waals surface area contributed by atoms with E-state index in [-0.39, 0.29) is 17.6 Å². The van der Waals surface area contributed by atoms with Crippen LogP contribution >= 0.6 is 0 Å². The molecule has 4 bridgehead atoms. The lowest BCUT2D eigenvalue weighted by atomic mass is 9.92. The molecule has 3 aliphatic rings. The summed E-state index contributed by atoms with van der Waals surface area (Å²) in [5.74, 6) is 0.720. The van der Waals surface area contributed by atoms with Gasteiger partial charge in [0.15, 0.2) is 11.6 Å². The van der Waals surface area contributed by atoms with Crippen LogP contribution in [0.3, 0.4) is 0 Å². The van der Waals surface area contributed by atoms with E-state index in [4.69, 9.17) is 9.47 Å². The molecule has 1 unspecified atom stereocenters. The number of nitrogens with one attached hydrogen (secondary N) is 3. The van der Waals surface area contributed by atoms with Crippen LogP contribution in [0.2, 0.25) is 0 Å². The van der Waals surface area contributed by atoms with Gasteiger partial charge in [-0.25, -0.2) is 4.39 Å². The Labute approximate surface area is 209 Å². The SMILES string of the molecule is COc1c(F)cccc1Nc1c2[nH]c3c1C(=O)NC[C@@H]3CCCN1CC[C@H](COc3cnccc3-2)C1. The summed E-state index contributed by atoms with van der Waals surface area (Å²) in [6, 6.07) is 6.59. The van der Waals surface area contributed by atoms with Gasteiger partial charge in [-0.2, -0.15) is 0 Å². The average Bonchev–Trinajstić information content (AvgIpc) is 3.49. The molecule has 8 nitrogen and oxygen atoms in total. The van der Waals surface area contributed by atoms with E-state index in [0.717, 1.165) is 55.8 Å². The van der Waals surface area contributed by atoms with Crippen LogP contribution in [-0.4, -0.2) is 60.7 Å². The van der Waals surface area contributed by atoms with Crippen molar-refractivity contribution in [2.75, 3.05) is 45.2 Å². The number of rotatable bonds is 3. The van der Waals surface area contributed by atoms with E-state index in [1.165, 1.54) is 13.2 Å². The maximum absolute atomic E-state index is 14.5. The second-order valence-electron chi connectivity index (χ2n) is 9.80. The summed E-state index contributed by atoms with van der Waals surface area (Å²) in [5.41, 5.74) is 3.98. The van der Waals surface area contributed by atoms with E-state index < -0.39 is 5.82 Å². The molecule has 1 aromatic carbocycles. The van der Waals surface area contributed by atoms with Gasteiger partial charge in [0.05, 0.1) is 42.5 Å². The summed E-state index contributed by atoms with van der Waals surface area (Å²) in [6.07, 6.45) is 6.56. The van der Waals surface area contributed by atoms with Crippen molar-refractivity contribution in [3.8, 4) is 22.8 Å². The topological polar surface area (TPSA) is 91.5 Å². The summed E-state index contributed by atoms with van der Waals surface area (Å²) in [7, 11) is 1.43. The molecule has 2 aromatic heterocycles. The van der Waals surface area contributed by atoms with Crippen LogP contribution in [0.5, 0.6) is 11.5 Å². The smallest absolute Gasteiger partial charge is 0.255 e. The van der Waals surface area contributed by atoms with Gasteiger partial charge in [-0.3, -0.25) is 9.78 Å². The van der Waals surface area contributed by atoms with E-state index in [1.807, 2.05) is 6.07 Å². The molecule has 5 heterocycles. The minimum Gasteiger partial charge on any atom is -0.492 e. The summed E-state index contributed by atoms with van der Waals surface area (Å²) in [4.78, 5) is 23.6. The Hall–Kier alpha value is -3.59. The zero-order chi connectivity index (χ0) is 24.6. The largest absolute Gasteiger partial charge is 0.492 e. The Kier molecular flexibility index (Phi) is 6.00. The Morgan fingerprint density at radius 2 is 2.17 bits per heavy atom. The number of pyridine rings is 1. The van der Waals surface area contributed by atoms with Crippen molar-refractivity contribution < 1.29 is 18.7 Å². The Morgan fingerprint density at radius 3 is 3.06 bits per heavy atom. The number of nitrogens with zero attached hydrogens (tertiary/aromatic N) is 2. The molecular weight excluding hydrogens is 461 g/mol. The first-order valence-electron chi connectivity index (χ1n) is 12.6. The van der Waals surface area contributed by atoms with Gasteiger partial charge >= 0.3 is 0 Å².